The van der Waals surface area contributed by atoms with Gasteiger partial charge in [0.1, 0.15) is 0 Å². The zero-order chi connectivity index (χ0) is 20.9. The molecule has 0 spiro atoms. The number of sulfone groups is 1. The van der Waals surface area contributed by atoms with E-state index >= 15 is 0 Å². The third-order valence-corrected chi connectivity index (χ3v) is 6.21. The molecule has 0 bridgehead atoms. The predicted octanol–water partition coefficient (Wildman–Crippen LogP) is 3.93. The third kappa shape index (κ3) is 5.90. The van der Waals surface area contributed by atoms with E-state index in [4.69, 9.17) is 4.74 Å². The molecule has 2 aromatic carbocycles. The van der Waals surface area contributed by atoms with Gasteiger partial charge in [0.05, 0.1) is 10.5 Å². The number of esters is 1. The highest BCUT2D eigenvalue weighted by atomic mass is 32.2. The van der Waals surface area contributed by atoms with Crippen LogP contribution in [0.25, 0.3) is 0 Å². The molecule has 0 saturated heterocycles. The molecule has 1 saturated carbocycles. The van der Waals surface area contributed by atoms with Gasteiger partial charge < -0.3 is 10.1 Å². The molecule has 0 radical (unpaired) electrons. The maximum Gasteiger partial charge on any atom is 0.338 e. The lowest BCUT2D eigenvalue weighted by Gasteiger charge is -2.21. The van der Waals surface area contributed by atoms with Gasteiger partial charge in [-0.05, 0) is 54.7 Å². The Bertz CT molecular complexity index is 977. The second-order valence-corrected chi connectivity index (χ2v) is 9.40. The largest absolute Gasteiger partial charge is 0.452 e. The minimum Gasteiger partial charge on any atom is -0.452 e. The van der Waals surface area contributed by atoms with Crippen molar-refractivity contribution in [3.05, 3.63) is 59.7 Å². The van der Waals surface area contributed by atoms with Gasteiger partial charge in [-0.3, -0.25) is 4.79 Å². The van der Waals surface area contributed by atoms with E-state index in [0.717, 1.165) is 6.26 Å². The standard InChI is InChI=1S/C22H25NO5S/c1-29(26,27)20-9-5-8-19(14-20)23-21(24)15-28-22(25)18-12-10-17(11-13-18)16-6-3-2-4-7-16/h5,8-14,16H,2-4,6-7,15H2,1H3,(H,23,24). The average molecular weight is 416 g/mol. The van der Waals surface area contributed by atoms with E-state index in [0.29, 0.717) is 17.2 Å². The monoisotopic (exact) mass is 415 g/mol. The summed E-state index contributed by atoms with van der Waals surface area (Å²) in [7, 11) is -3.37. The average Bonchev–Trinajstić information content (AvgIpc) is 2.72. The summed E-state index contributed by atoms with van der Waals surface area (Å²) in [6.45, 7) is -0.452. The normalized spacial score (nSPS) is 14.9. The lowest BCUT2D eigenvalue weighted by molar-refractivity contribution is -0.119. The van der Waals surface area contributed by atoms with E-state index in [-0.39, 0.29) is 4.90 Å². The number of benzene rings is 2. The molecule has 7 heteroatoms. The molecule has 29 heavy (non-hydrogen) atoms. The van der Waals surface area contributed by atoms with E-state index in [1.54, 1.807) is 18.2 Å². The molecule has 0 aromatic heterocycles. The molecule has 1 aliphatic carbocycles. The van der Waals surface area contributed by atoms with Gasteiger partial charge in [-0.1, -0.05) is 37.5 Å². The number of rotatable bonds is 6. The van der Waals surface area contributed by atoms with Crippen LogP contribution in [0.15, 0.2) is 53.4 Å². The van der Waals surface area contributed by atoms with Crippen LogP contribution in [-0.4, -0.2) is 33.2 Å². The van der Waals surface area contributed by atoms with E-state index in [1.807, 2.05) is 12.1 Å². The van der Waals surface area contributed by atoms with Crippen LogP contribution < -0.4 is 5.32 Å². The fourth-order valence-corrected chi connectivity index (χ4v) is 4.21. The van der Waals surface area contributed by atoms with Crippen molar-refractivity contribution in [1.82, 2.24) is 0 Å². The molecule has 2 aromatic rings. The van der Waals surface area contributed by atoms with Crippen LogP contribution in [0.4, 0.5) is 5.69 Å². The first-order chi connectivity index (χ1) is 13.8. The third-order valence-electron chi connectivity index (χ3n) is 5.10. The number of nitrogens with one attached hydrogen (secondary N) is 1. The molecule has 0 heterocycles. The van der Waals surface area contributed by atoms with Crippen LogP contribution in [0.5, 0.6) is 0 Å². The molecule has 1 amide bonds. The van der Waals surface area contributed by atoms with Crippen LogP contribution in [-0.2, 0) is 19.4 Å². The molecule has 1 fully saturated rings. The van der Waals surface area contributed by atoms with Gasteiger partial charge in [-0.15, -0.1) is 0 Å². The van der Waals surface area contributed by atoms with Gasteiger partial charge in [0.15, 0.2) is 16.4 Å². The smallest absolute Gasteiger partial charge is 0.338 e. The first-order valence-corrected chi connectivity index (χ1v) is 11.6. The van der Waals surface area contributed by atoms with Crippen LogP contribution in [0.2, 0.25) is 0 Å². The maximum absolute atomic E-state index is 12.2. The zero-order valence-corrected chi connectivity index (χ0v) is 17.2. The Morgan fingerprint density at radius 3 is 2.38 bits per heavy atom. The second kappa shape index (κ2) is 9.22. The fraction of sp³-hybridized carbons (Fsp3) is 0.364. The van der Waals surface area contributed by atoms with E-state index in [1.165, 1.54) is 55.9 Å². The summed E-state index contributed by atoms with van der Waals surface area (Å²) >= 11 is 0. The van der Waals surface area contributed by atoms with Crippen molar-refractivity contribution in [2.45, 2.75) is 42.9 Å². The van der Waals surface area contributed by atoms with Crippen molar-refractivity contribution in [3.8, 4) is 0 Å². The van der Waals surface area contributed by atoms with Gasteiger partial charge in [-0.2, -0.15) is 0 Å². The Kier molecular flexibility index (Phi) is 6.69. The quantitative estimate of drug-likeness (QED) is 0.722. The predicted molar refractivity (Wildman–Crippen MR) is 111 cm³/mol. The number of hydrogen-bond donors (Lipinski definition) is 1. The number of carbonyl (C=O) groups is 2. The Morgan fingerprint density at radius 1 is 1.03 bits per heavy atom. The molecule has 1 aliphatic rings. The molecule has 0 aliphatic heterocycles. The summed E-state index contributed by atoms with van der Waals surface area (Å²) in [6, 6.07) is 13.3. The Balaban J connectivity index is 1.53. The van der Waals surface area contributed by atoms with Crippen molar-refractivity contribution < 1.29 is 22.7 Å². The Morgan fingerprint density at radius 2 is 1.72 bits per heavy atom. The highest BCUT2D eigenvalue weighted by Gasteiger charge is 2.17. The van der Waals surface area contributed by atoms with Crippen LogP contribution in [0.1, 0.15) is 53.9 Å². The van der Waals surface area contributed by atoms with E-state index < -0.39 is 28.3 Å². The van der Waals surface area contributed by atoms with Gasteiger partial charge in [-0.25, -0.2) is 13.2 Å². The summed E-state index contributed by atoms with van der Waals surface area (Å²) in [4.78, 5) is 24.3. The summed E-state index contributed by atoms with van der Waals surface area (Å²) in [5, 5.41) is 2.53. The molecular weight excluding hydrogens is 390 g/mol. The van der Waals surface area contributed by atoms with E-state index in [9.17, 15) is 18.0 Å². The summed E-state index contributed by atoms with van der Waals surface area (Å²) in [6.07, 6.45) is 7.25. The van der Waals surface area contributed by atoms with Gasteiger partial charge >= 0.3 is 5.97 Å². The number of amides is 1. The zero-order valence-electron chi connectivity index (χ0n) is 16.4. The van der Waals surface area contributed by atoms with Crippen molar-refractivity contribution in [3.63, 3.8) is 0 Å². The minimum atomic E-state index is -3.37. The SMILES string of the molecule is CS(=O)(=O)c1cccc(NC(=O)COC(=O)c2ccc(C3CCCCC3)cc2)c1. The highest BCUT2D eigenvalue weighted by Crippen LogP contribution is 2.32. The maximum atomic E-state index is 12.2. The van der Waals surface area contributed by atoms with Gasteiger partial charge in [0.25, 0.3) is 5.91 Å². The lowest BCUT2D eigenvalue weighted by Crippen LogP contribution is -2.21. The number of carbonyl (C=O) groups excluding carboxylic acids is 2. The molecule has 1 N–H and O–H groups in total. The van der Waals surface area contributed by atoms with Crippen LogP contribution in [0, 0.1) is 0 Å². The number of hydrogen-bond acceptors (Lipinski definition) is 5. The van der Waals surface area contributed by atoms with Crippen LogP contribution >= 0.6 is 0 Å². The fourth-order valence-electron chi connectivity index (χ4n) is 3.54. The van der Waals surface area contributed by atoms with Crippen molar-refractivity contribution >= 4 is 27.4 Å². The van der Waals surface area contributed by atoms with Crippen LogP contribution in [0.3, 0.4) is 0 Å². The van der Waals surface area contributed by atoms with E-state index in [2.05, 4.69) is 5.32 Å². The molecule has 6 nitrogen and oxygen atoms in total. The van der Waals surface area contributed by atoms with Crippen molar-refractivity contribution in [1.29, 1.82) is 0 Å². The van der Waals surface area contributed by atoms with Gasteiger partial charge in [0, 0.05) is 11.9 Å². The van der Waals surface area contributed by atoms with Gasteiger partial charge in [0.2, 0.25) is 0 Å². The summed E-state index contributed by atoms with van der Waals surface area (Å²) in [5.41, 5.74) is 1.96. The highest BCUT2D eigenvalue weighted by molar-refractivity contribution is 7.90. The molecule has 3 rings (SSSR count). The Labute approximate surface area is 171 Å². The molecule has 154 valence electrons. The van der Waals surface area contributed by atoms with Crippen molar-refractivity contribution in [2.75, 3.05) is 18.2 Å². The topological polar surface area (TPSA) is 89.5 Å². The van der Waals surface area contributed by atoms with Crippen molar-refractivity contribution in [2.24, 2.45) is 0 Å². The first kappa shape index (κ1) is 21.0. The molecule has 0 atom stereocenters. The minimum absolute atomic E-state index is 0.102. The second-order valence-electron chi connectivity index (χ2n) is 7.38. The summed E-state index contributed by atoms with van der Waals surface area (Å²) < 4.78 is 28.2. The number of anilines is 1. The summed E-state index contributed by atoms with van der Waals surface area (Å²) in [5.74, 6) is -0.551. The molecular formula is C22H25NO5S. The Hall–Kier alpha value is -2.67. The first-order valence-electron chi connectivity index (χ1n) is 9.70. The molecule has 0 unspecified atom stereocenters. The lowest BCUT2D eigenvalue weighted by atomic mass is 9.84. The number of ether oxygens (including phenoxy) is 1.